The van der Waals surface area contributed by atoms with Crippen LogP contribution in [0.3, 0.4) is 0 Å². The molecule has 0 spiro atoms. The van der Waals surface area contributed by atoms with E-state index in [-0.39, 0.29) is 11.9 Å². The van der Waals surface area contributed by atoms with Crippen LogP contribution in [0.4, 0.5) is 0 Å². The molecule has 5 nitrogen and oxygen atoms in total. The number of carbonyl (C=O) groups excluding carboxylic acids is 1. The molecule has 158 valence electrons. The first-order valence-corrected chi connectivity index (χ1v) is 10.3. The lowest BCUT2D eigenvalue weighted by Gasteiger charge is -2.31. The molecule has 0 saturated carbocycles. The molecule has 0 fully saturated rings. The standard InChI is InChI=1S/C26H26N2O3/c1-4-28(26(29)19-8-7-9-21(16-19)31-3)25(18-12-14-20(30-2)15-13-18)23-17-27-24-11-6-5-10-22(23)24/h5-17,25,27H,4H2,1-3H3. The predicted octanol–water partition coefficient (Wildman–Crippen LogP) is 5.44. The Morgan fingerprint density at radius 3 is 2.39 bits per heavy atom. The number of hydrogen-bond donors (Lipinski definition) is 1. The number of fused-ring (bicyclic) bond motifs is 1. The second kappa shape index (κ2) is 8.96. The van der Waals surface area contributed by atoms with Gasteiger partial charge in [-0.3, -0.25) is 4.79 Å². The number of hydrogen-bond acceptors (Lipinski definition) is 3. The highest BCUT2D eigenvalue weighted by Gasteiger charge is 2.28. The average Bonchev–Trinajstić information content (AvgIpc) is 3.26. The first kappa shape index (κ1) is 20.5. The molecule has 4 aromatic rings. The number of rotatable bonds is 7. The van der Waals surface area contributed by atoms with Gasteiger partial charge in [-0.25, -0.2) is 0 Å². The smallest absolute Gasteiger partial charge is 0.254 e. The number of aromatic amines is 1. The number of amides is 1. The summed E-state index contributed by atoms with van der Waals surface area (Å²) in [6.07, 6.45) is 2.00. The van der Waals surface area contributed by atoms with Crippen molar-refractivity contribution in [1.82, 2.24) is 9.88 Å². The zero-order chi connectivity index (χ0) is 21.8. The maximum atomic E-state index is 13.6. The van der Waals surface area contributed by atoms with Crippen LogP contribution in [0.15, 0.2) is 79.0 Å². The van der Waals surface area contributed by atoms with E-state index >= 15 is 0 Å². The highest BCUT2D eigenvalue weighted by atomic mass is 16.5. The molecule has 1 N–H and O–H groups in total. The van der Waals surface area contributed by atoms with Crippen molar-refractivity contribution in [3.8, 4) is 11.5 Å². The number of carbonyl (C=O) groups is 1. The third-order valence-electron chi connectivity index (χ3n) is 5.58. The van der Waals surface area contributed by atoms with Gasteiger partial charge < -0.3 is 19.4 Å². The van der Waals surface area contributed by atoms with Gasteiger partial charge in [0.2, 0.25) is 0 Å². The minimum atomic E-state index is -0.259. The minimum absolute atomic E-state index is 0.0486. The fourth-order valence-electron chi connectivity index (χ4n) is 4.00. The third-order valence-corrected chi connectivity index (χ3v) is 5.58. The van der Waals surface area contributed by atoms with Gasteiger partial charge in [-0.1, -0.05) is 36.4 Å². The average molecular weight is 415 g/mol. The summed E-state index contributed by atoms with van der Waals surface area (Å²) in [6.45, 7) is 2.55. The van der Waals surface area contributed by atoms with E-state index in [1.165, 1.54) is 0 Å². The number of ether oxygens (including phenoxy) is 2. The van der Waals surface area contributed by atoms with Crippen LogP contribution in [0.25, 0.3) is 10.9 Å². The Bertz CT molecular complexity index is 1180. The van der Waals surface area contributed by atoms with Gasteiger partial charge in [-0.2, -0.15) is 0 Å². The number of nitrogens with one attached hydrogen (secondary N) is 1. The van der Waals surface area contributed by atoms with E-state index in [0.29, 0.717) is 17.9 Å². The van der Waals surface area contributed by atoms with Gasteiger partial charge in [0, 0.05) is 34.8 Å². The van der Waals surface area contributed by atoms with Crippen LogP contribution < -0.4 is 9.47 Å². The summed E-state index contributed by atoms with van der Waals surface area (Å²) in [5, 5.41) is 1.10. The SMILES string of the molecule is CCN(C(=O)c1cccc(OC)c1)C(c1ccc(OC)cc1)c1c[nH]c2ccccc12. The molecule has 1 amide bonds. The number of benzene rings is 3. The number of H-pyrrole nitrogens is 1. The molecular formula is C26H26N2O3. The van der Waals surface area contributed by atoms with E-state index < -0.39 is 0 Å². The van der Waals surface area contributed by atoms with Crippen molar-refractivity contribution in [2.45, 2.75) is 13.0 Å². The summed E-state index contributed by atoms with van der Waals surface area (Å²) in [5.41, 5.74) is 3.71. The monoisotopic (exact) mass is 414 g/mol. The van der Waals surface area contributed by atoms with Crippen LogP contribution in [0.1, 0.15) is 34.5 Å². The van der Waals surface area contributed by atoms with Crippen LogP contribution in [0.2, 0.25) is 0 Å². The molecule has 0 aliphatic carbocycles. The quantitative estimate of drug-likeness (QED) is 0.438. The van der Waals surface area contributed by atoms with Crippen molar-refractivity contribution >= 4 is 16.8 Å². The van der Waals surface area contributed by atoms with Gasteiger partial charge >= 0.3 is 0 Å². The molecule has 5 heteroatoms. The molecule has 1 atom stereocenters. The lowest BCUT2D eigenvalue weighted by molar-refractivity contribution is 0.0717. The zero-order valence-electron chi connectivity index (χ0n) is 18.0. The zero-order valence-corrected chi connectivity index (χ0v) is 18.0. The molecular weight excluding hydrogens is 388 g/mol. The fourth-order valence-corrected chi connectivity index (χ4v) is 4.00. The Kier molecular flexibility index (Phi) is 5.94. The molecule has 0 aliphatic heterocycles. The van der Waals surface area contributed by atoms with Crippen molar-refractivity contribution in [1.29, 1.82) is 0 Å². The topological polar surface area (TPSA) is 54.6 Å². The lowest BCUT2D eigenvalue weighted by atomic mass is 9.95. The van der Waals surface area contributed by atoms with Crippen LogP contribution in [0, 0.1) is 0 Å². The van der Waals surface area contributed by atoms with Crippen molar-refractivity contribution in [3.05, 3.63) is 95.7 Å². The number of aromatic nitrogens is 1. The summed E-state index contributed by atoms with van der Waals surface area (Å²) in [4.78, 5) is 18.9. The van der Waals surface area contributed by atoms with Gasteiger partial charge in [-0.15, -0.1) is 0 Å². The normalized spacial score (nSPS) is 11.8. The molecule has 0 aliphatic rings. The number of nitrogens with zero attached hydrogens (tertiary/aromatic N) is 1. The van der Waals surface area contributed by atoms with Crippen LogP contribution in [-0.4, -0.2) is 36.6 Å². The Morgan fingerprint density at radius 2 is 1.68 bits per heavy atom. The van der Waals surface area contributed by atoms with Crippen molar-refractivity contribution < 1.29 is 14.3 Å². The van der Waals surface area contributed by atoms with Crippen molar-refractivity contribution in [2.24, 2.45) is 0 Å². The predicted molar refractivity (Wildman–Crippen MR) is 123 cm³/mol. The Morgan fingerprint density at radius 1 is 0.935 bits per heavy atom. The van der Waals surface area contributed by atoms with E-state index in [1.807, 2.05) is 78.7 Å². The summed E-state index contributed by atoms with van der Waals surface area (Å²) < 4.78 is 10.7. The van der Waals surface area contributed by atoms with Gasteiger partial charge in [0.15, 0.2) is 0 Å². The fraction of sp³-hybridized carbons (Fsp3) is 0.192. The maximum absolute atomic E-state index is 13.6. The van der Waals surface area contributed by atoms with Crippen molar-refractivity contribution in [2.75, 3.05) is 20.8 Å². The largest absolute Gasteiger partial charge is 0.497 e. The highest BCUT2D eigenvalue weighted by molar-refractivity contribution is 5.96. The maximum Gasteiger partial charge on any atom is 0.254 e. The molecule has 0 radical (unpaired) electrons. The van der Waals surface area contributed by atoms with E-state index in [2.05, 4.69) is 11.1 Å². The van der Waals surface area contributed by atoms with Gasteiger partial charge in [0.05, 0.1) is 20.3 Å². The molecule has 1 unspecified atom stereocenters. The summed E-state index contributed by atoms with van der Waals surface area (Å²) in [7, 11) is 3.25. The van der Waals surface area contributed by atoms with E-state index in [0.717, 1.165) is 27.8 Å². The second-order valence-corrected chi connectivity index (χ2v) is 7.29. The van der Waals surface area contributed by atoms with Gasteiger partial charge in [0.1, 0.15) is 11.5 Å². The summed E-state index contributed by atoms with van der Waals surface area (Å²) in [6, 6.07) is 23.1. The lowest BCUT2D eigenvalue weighted by Crippen LogP contribution is -2.35. The molecule has 1 aromatic heterocycles. The minimum Gasteiger partial charge on any atom is -0.497 e. The second-order valence-electron chi connectivity index (χ2n) is 7.29. The molecule has 0 bridgehead atoms. The first-order chi connectivity index (χ1) is 15.2. The molecule has 4 rings (SSSR count). The van der Waals surface area contributed by atoms with Gasteiger partial charge in [-0.05, 0) is 48.9 Å². The Balaban J connectivity index is 1.84. The first-order valence-electron chi connectivity index (χ1n) is 10.3. The van der Waals surface area contributed by atoms with Crippen LogP contribution in [0.5, 0.6) is 11.5 Å². The number of methoxy groups -OCH3 is 2. The Labute approximate surface area is 182 Å². The molecule has 0 saturated heterocycles. The highest BCUT2D eigenvalue weighted by Crippen LogP contribution is 2.35. The van der Waals surface area contributed by atoms with E-state index in [1.54, 1.807) is 20.3 Å². The van der Waals surface area contributed by atoms with E-state index in [9.17, 15) is 4.79 Å². The molecule has 1 heterocycles. The third kappa shape index (κ3) is 3.99. The van der Waals surface area contributed by atoms with Gasteiger partial charge in [0.25, 0.3) is 5.91 Å². The molecule has 31 heavy (non-hydrogen) atoms. The number of para-hydroxylation sites is 1. The van der Waals surface area contributed by atoms with E-state index in [4.69, 9.17) is 9.47 Å². The van der Waals surface area contributed by atoms with Crippen LogP contribution in [-0.2, 0) is 0 Å². The summed E-state index contributed by atoms with van der Waals surface area (Å²) >= 11 is 0. The summed E-state index contributed by atoms with van der Waals surface area (Å²) in [5.74, 6) is 1.39. The Hall–Kier alpha value is -3.73. The van der Waals surface area contributed by atoms with Crippen molar-refractivity contribution in [3.63, 3.8) is 0 Å². The molecule has 3 aromatic carbocycles. The van der Waals surface area contributed by atoms with Crippen LogP contribution >= 0.6 is 0 Å².